The number of likely N-dealkylation sites (tertiary alicyclic amines) is 1. The lowest BCUT2D eigenvalue weighted by Gasteiger charge is -2.36. The predicted molar refractivity (Wildman–Crippen MR) is 110 cm³/mol. The van der Waals surface area contributed by atoms with Gasteiger partial charge in [-0.15, -0.1) is 0 Å². The second-order valence-electron chi connectivity index (χ2n) is 8.66. The number of hydrogen-bond donors (Lipinski definition) is 1. The number of halogens is 3. The van der Waals surface area contributed by atoms with E-state index >= 15 is 0 Å². The van der Waals surface area contributed by atoms with Crippen molar-refractivity contribution in [2.45, 2.75) is 51.4 Å². The minimum absolute atomic E-state index is 0.0126. The Morgan fingerprint density at radius 1 is 1.13 bits per heavy atom. The molecule has 0 radical (unpaired) electrons. The van der Waals surface area contributed by atoms with Crippen LogP contribution in [0, 0.1) is 12.8 Å². The quantitative estimate of drug-likeness (QED) is 0.637. The van der Waals surface area contributed by atoms with Crippen molar-refractivity contribution in [3.63, 3.8) is 0 Å². The van der Waals surface area contributed by atoms with E-state index in [1.54, 1.807) is 12.1 Å². The first-order valence-electron chi connectivity index (χ1n) is 10.6. The molecule has 0 amide bonds. The van der Waals surface area contributed by atoms with Crippen molar-refractivity contribution in [1.29, 1.82) is 0 Å². The van der Waals surface area contributed by atoms with E-state index in [0.717, 1.165) is 30.4 Å². The first-order valence-corrected chi connectivity index (χ1v) is 10.6. The lowest BCUT2D eigenvalue weighted by atomic mass is 9.78. The summed E-state index contributed by atoms with van der Waals surface area (Å²) in [6.45, 7) is 3.73. The molecular formula is C24H26F3NO3. The Hall–Kier alpha value is -2.54. The molecule has 2 fully saturated rings. The maximum Gasteiger partial charge on any atom is 0.416 e. The van der Waals surface area contributed by atoms with Gasteiger partial charge in [-0.25, -0.2) is 0 Å². The third kappa shape index (κ3) is 4.87. The Kier molecular flexibility index (Phi) is 5.97. The lowest BCUT2D eigenvalue weighted by Crippen LogP contribution is -2.49. The van der Waals surface area contributed by atoms with Crippen LogP contribution in [0.15, 0.2) is 36.4 Å². The lowest BCUT2D eigenvalue weighted by molar-refractivity contribution is -0.147. The number of benzene rings is 2. The highest BCUT2D eigenvalue weighted by Gasteiger charge is 2.37. The highest BCUT2D eigenvalue weighted by molar-refractivity contribution is 5.71. The molecule has 2 aromatic carbocycles. The second kappa shape index (κ2) is 8.54. The van der Waals surface area contributed by atoms with Gasteiger partial charge in [0.2, 0.25) is 0 Å². The SMILES string of the molecule is Cc1cc(CN2CC(C(=O)O)C2)ccc1OCc1ccc(C2CCC2)c(C(F)(F)F)c1. The van der Waals surface area contributed by atoms with E-state index in [1.165, 1.54) is 6.07 Å². The van der Waals surface area contributed by atoms with Crippen LogP contribution in [-0.4, -0.2) is 29.1 Å². The topological polar surface area (TPSA) is 49.8 Å². The summed E-state index contributed by atoms with van der Waals surface area (Å²) in [4.78, 5) is 13.0. The maximum atomic E-state index is 13.6. The molecule has 4 nitrogen and oxygen atoms in total. The zero-order chi connectivity index (χ0) is 22.2. The van der Waals surface area contributed by atoms with E-state index in [4.69, 9.17) is 9.84 Å². The summed E-state index contributed by atoms with van der Waals surface area (Å²) in [7, 11) is 0. The third-order valence-electron chi connectivity index (χ3n) is 6.31. The van der Waals surface area contributed by atoms with E-state index < -0.39 is 17.7 Å². The van der Waals surface area contributed by atoms with Gasteiger partial charge in [0.15, 0.2) is 0 Å². The van der Waals surface area contributed by atoms with Crippen LogP contribution in [0.1, 0.15) is 53.0 Å². The fraction of sp³-hybridized carbons (Fsp3) is 0.458. The summed E-state index contributed by atoms with van der Waals surface area (Å²) >= 11 is 0. The molecule has 1 aliphatic heterocycles. The number of aliphatic carboxylic acids is 1. The molecule has 7 heteroatoms. The normalized spacial score (nSPS) is 17.8. The number of aryl methyl sites for hydroxylation is 1. The van der Waals surface area contributed by atoms with Crippen molar-refractivity contribution in [3.8, 4) is 5.75 Å². The van der Waals surface area contributed by atoms with Crippen LogP contribution < -0.4 is 4.74 Å². The molecular weight excluding hydrogens is 407 g/mol. The zero-order valence-corrected chi connectivity index (χ0v) is 17.4. The van der Waals surface area contributed by atoms with Gasteiger partial charge in [0.05, 0.1) is 11.5 Å². The molecule has 1 heterocycles. The van der Waals surface area contributed by atoms with Crippen LogP contribution in [0.5, 0.6) is 5.75 Å². The number of nitrogens with zero attached hydrogens (tertiary/aromatic N) is 1. The first-order chi connectivity index (χ1) is 14.7. The highest BCUT2D eigenvalue weighted by Crippen LogP contribution is 2.43. The van der Waals surface area contributed by atoms with Crippen molar-refractivity contribution in [3.05, 3.63) is 64.2 Å². The molecule has 4 rings (SSSR count). The Balaban J connectivity index is 1.39. The van der Waals surface area contributed by atoms with Crippen LogP contribution in [0.25, 0.3) is 0 Å². The standard InChI is InChI=1S/C24H26F3NO3/c1-15-9-16(11-28-12-19(13-28)23(29)30)6-8-22(15)31-14-17-5-7-20(18-3-2-4-18)21(10-17)24(25,26)27/h5-10,18-19H,2-4,11-14H2,1H3,(H,29,30). The number of alkyl halides is 3. The number of rotatable bonds is 7. The predicted octanol–water partition coefficient (Wildman–Crippen LogP) is 5.38. The molecule has 0 atom stereocenters. The smallest absolute Gasteiger partial charge is 0.416 e. The van der Waals surface area contributed by atoms with Gasteiger partial charge in [0, 0.05) is 19.6 Å². The van der Waals surface area contributed by atoms with Gasteiger partial charge in [-0.2, -0.15) is 13.2 Å². The number of carboxylic acids is 1. The highest BCUT2D eigenvalue weighted by atomic mass is 19.4. The van der Waals surface area contributed by atoms with E-state index in [2.05, 4.69) is 4.90 Å². The number of ether oxygens (including phenoxy) is 1. The van der Waals surface area contributed by atoms with Crippen LogP contribution >= 0.6 is 0 Å². The van der Waals surface area contributed by atoms with E-state index in [-0.39, 0.29) is 18.4 Å². The second-order valence-corrected chi connectivity index (χ2v) is 8.66. The molecule has 0 unspecified atom stereocenters. The van der Waals surface area contributed by atoms with Gasteiger partial charge in [-0.3, -0.25) is 9.69 Å². The van der Waals surface area contributed by atoms with Gasteiger partial charge in [0.25, 0.3) is 0 Å². The van der Waals surface area contributed by atoms with Crippen molar-refractivity contribution in [2.75, 3.05) is 13.1 Å². The van der Waals surface area contributed by atoms with Crippen molar-refractivity contribution >= 4 is 5.97 Å². The average Bonchev–Trinajstić information content (AvgIpc) is 2.62. The van der Waals surface area contributed by atoms with Gasteiger partial charge >= 0.3 is 12.1 Å². The minimum Gasteiger partial charge on any atom is -0.489 e. The molecule has 0 aromatic heterocycles. The summed E-state index contributed by atoms with van der Waals surface area (Å²) in [5, 5.41) is 8.96. The molecule has 0 bridgehead atoms. The van der Waals surface area contributed by atoms with E-state index in [9.17, 15) is 18.0 Å². The fourth-order valence-electron chi connectivity index (χ4n) is 4.26. The molecule has 1 saturated heterocycles. The van der Waals surface area contributed by atoms with E-state index in [1.807, 2.05) is 25.1 Å². The maximum absolute atomic E-state index is 13.6. The third-order valence-corrected chi connectivity index (χ3v) is 6.31. The number of hydrogen-bond acceptors (Lipinski definition) is 3. The number of carbonyl (C=O) groups is 1. The zero-order valence-electron chi connectivity index (χ0n) is 17.4. The molecule has 0 spiro atoms. The summed E-state index contributed by atoms with van der Waals surface area (Å²) in [6.07, 6.45) is -1.74. The van der Waals surface area contributed by atoms with Crippen LogP contribution in [0.3, 0.4) is 0 Å². The molecule has 2 aliphatic rings. The van der Waals surface area contributed by atoms with Gasteiger partial charge in [-0.1, -0.05) is 30.7 Å². The fourth-order valence-corrected chi connectivity index (χ4v) is 4.26. The van der Waals surface area contributed by atoms with Gasteiger partial charge in [0.1, 0.15) is 12.4 Å². The Morgan fingerprint density at radius 2 is 1.84 bits per heavy atom. The Morgan fingerprint density at radius 3 is 2.42 bits per heavy atom. The molecule has 1 saturated carbocycles. The van der Waals surface area contributed by atoms with Crippen molar-refractivity contribution < 1.29 is 27.8 Å². The first kappa shape index (κ1) is 21.7. The van der Waals surface area contributed by atoms with Crippen LogP contribution in [0.2, 0.25) is 0 Å². The van der Waals surface area contributed by atoms with Gasteiger partial charge in [-0.05, 0) is 60.1 Å². The Bertz CT molecular complexity index is 963. The van der Waals surface area contributed by atoms with Crippen LogP contribution in [0.4, 0.5) is 13.2 Å². The summed E-state index contributed by atoms with van der Waals surface area (Å²) in [5.41, 5.74) is 2.31. The molecule has 1 aliphatic carbocycles. The minimum atomic E-state index is -4.37. The molecule has 1 N–H and O–H groups in total. The summed E-state index contributed by atoms with van der Waals surface area (Å²) in [6, 6.07) is 10.3. The summed E-state index contributed by atoms with van der Waals surface area (Å²) < 4.78 is 46.5. The Labute approximate surface area is 179 Å². The molecule has 166 valence electrons. The van der Waals surface area contributed by atoms with Crippen LogP contribution in [-0.2, 0) is 24.1 Å². The molecule has 2 aromatic rings. The van der Waals surface area contributed by atoms with Gasteiger partial charge < -0.3 is 9.84 Å². The monoisotopic (exact) mass is 433 g/mol. The van der Waals surface area contributed by atoms with E-state index in [0.29, 0.717) is 36.5 Å². The summed E-state index contributed by atoms with van der Waals surface area (Å²) in [5.74, 6) is -0.405. The average molecular weight is 433 g/mol. The van der Waals surface area contributed by atoms with Crippen molar-refractivity contribution in [2.24, 2.45) is 5.92 Å². The largest absolute Gasteiger partial charge is 0.489 e. The number of carboxylic acid groups (broad SMARTS) is 1. The van der Waals surface area contributed by atoms with Crippen molar-refractivity contribution in [1.82, 2.24) is 4.90 Å². The molecule has 31 heavy (non-hydrogen) atoms.